The number of hydrogen-bond acceptors (Lipinski definition) is 6. The van der Waals surface area contributed by atoms with Gasteiger partial charge in [0.2, 0.25) is 17.6 Å². The Morgan fingerprint density at radius 3 is 2.59 bits per heavy atom. The molecule has 0 radical (unpaired) electrons. The van der Waals surface area contributed by atoms with Crippen LogP contribution in [-0.4, -0.2) is 36.1 Å². The number of carbonyl (C=O) groups is 2. The number of amides is 2. The third-order valence-electron chi connectivity index (χ3n) is 4.38. The molecule has 0 aliphatic heterocycles. The van der Waals surface area contributed by atoms with E-state index in [1.54, 1.807) is 26.3 Å². The van der Waals surface area contributed by atoms with Gasteiger partial charge in [0.05, 0.1) is 18.4 Å². The number of benzene rings is 2. The van der Waals surface area contributed by atoms with Crippen LogP contribution in [0.5, 0.6) is 5.75 Å². The van der Waals surface area contributed by atoms with Gasteiger partial charge in [-0.1, -0.05) is 17.3 Å². The number of carbonyl (C=O) groups excluding carboxylic acids is 2. The van der Waals surface area contributed by atoms with Gasteiger partial charge in [-0.2, -0.15) is 4.98 Å². The van der Waals surface area contributed by atoms with Crippen LogP contribution in [0.15, 0.2) is 47.0 Å². The molecule has 2 amide bonds. The number of methoxy groups -OCH3 is 1. The van der Waals surface area contributed by atoms with Gasteiger partial charge >= 0.3 is 0 Å². The predicted octanol–water partition coefficient (Wildman–Crippen LogP) is 2.98. The summed E-state index contributed by atoms with van der Waals surface area (Å²) in [5.74, 6) is 1.05. The Bertz CT molecular complexity index is 1010. The second kappa shape index (κ2) is 9.01. The summed E-state index contributed by atoms with van der Waals surface area (Å²) in [6, 6.07) is 12.6. The Kier molecular flexibility index (Phi) is 6.23. The van der Waals surface area contributed by atoms with Crippen molar-refractivity contribution >= 4 is 17.5 Å². The Balaban J connectivity index is 1.63. The predicted molar refractivity (Wildman–Crippen MR) is 108 cm³/mol. The first kappa shape index (κ1) is 20.1. The van der Waals surface area contributed by atoms with Crippen LogP contribution >= 0.6 is 0 Å². The average Bonchev–Trinajstić information content (AvgIpc) is 3.21. The monoisotopic (exact) mass is 394 g/mol. The summed E-state index contributed by atoms with van der Waals surface area (Å²) in [6.45, 7) is 1.82. The molecular formula is C21H22N4O4. The van der Waals surface area contributed by atoms with Gasteiger partial charge in [0, 0.05) is 25.5 Å². The van der Waals surface area contributed by atoms with E-state index in [0.29, 0.717) is 23.0 Å². The smallest absolute Gasteiger partial charge is 0.253 e. The fourth-order valence-corrected chi connectivity index (χ4v) is 2.85. The molecule has 0 bridgehead atoms. The van der Waals surface area contributed by atoms with E-state index in [1.807, 2.05) is 37.3 Å². The summed E-state index contributed by atoms with van der Waals surface area (Å²) >= 11 is 0. The lowest BCUT2D eigenvalue weighted by atomic mass is 10.1. The maximum atomic E-state index is 12.4. The Morgan fingerprint density at radius 1 is 1.14 bits per heavy atom. The minimum Gasteiger partial charge on any atom is -0.497 e. The van der Waals surface area contributed by atoms with E-state index in [2.05, 4.69) is 20.8 Å². The zero-order valence-corrected chi connectivity index (χ0v) is 16.5. The summed E-state index contributed by atoms with van der Waals surface area (Å²) in [5.41, 5.74) is 2.49. The van der Waals surface area contributed by atoms with Crippen molar-refractivity contribution in [1.29, 1.82) is 0 Å². The first-order valence-electron chi connectivity index (χ1n) is 9.10. The average molecular weight is 394 g/mol. The van der Waals surface area contributed by atoms with Crippen molar-refractivity contribution in [1.82, 2.24) is 15.5 Å². The molecule has 2 aromatic carbocycles. The van der Waals surface area contributed by atoms with Gasteiger partial charge < -0.3 is 19.9 Å². The molecule has 150 valence electrons. The van der Waals surface area contributed by atoms with E-state index in [1.165, 1.54) is 0 Å². The van der Waals surface area contributed by atoms with Gasteiger partial charge in [-0.15, -0.1) is 0 Å². The molecule has 1 heterocycles. The van der Waals surface area contributed by atoms with E-state index in [-0.39, 0.29) is 24.7 Å². The first-order chi connectivity index (χ1) is 14.0. The highest BCUT2D eigenvalue weighted by molar-refractivity contribution is 6.04. The zero-order chi connectivity index (χ0) is 20.8. The van der Waals surface area contributed by atoms with Crippen LogP contribution in [0.4, 0.5) is 5.69 Å². The van der Waals surface area contributed by atoms with Crippen LogP contribution in [0, 0.1) is 6.92 Å². The van der Waals surface area contributed by atoms with Crippen LogP contribution in [0.1, 0.15) is 28.2 Å². The van der Waals surface area contributed by atoms with Crippen molar-refractivity contribution in [2.45, 2.75) is 19.8 Å². The van der Waals surface area contributed by atoms with Gasteiger partial charge in [0.15, 0.2) is 0 Å². The molecule has 0 aliphatic rings. The number of aromatic nitrogens is 2. The quantitative estimate of drug-likeness (QED) is 0.638. The van der Waals surface area contributed by atoms with Crippen molar-refractivity contribution < 1.29 is 18.8 Å². The lowest BCUT2D eigenvalue weighted by Crippen LogP contribution is -2.22. The van der Waals surface area contributed by atoms with Crippen LogP contribution in [0.2, 0.25) is 0 Å². The van der Waals surface area contributed by atoms with Gasteiger partial charge in [0.25, 0.3) is 5.91 Å². The largest absolute Gasteiger partial charge is 0.497 e. The Hall–Kier alpha value is -3.68. The normalized spacial score (nSPS) is 10.4. The lowest BCUT2D eigenvalue weighted by molar-refractivity contribution is -0.116. The van der Waals surface area contributed by atoms with E-state index in [0.717, 1.165) is 16.9 Å². The summed E-state index contributed by atoms with van der Waals surface area (Å²) in [4.78, 5) is 28.8. The van der Waals surface area contributed by atoms with Gasteiger partial charge in [-0.25, -0.2) is 0 Å². The topological polar surface area (TPSA) is 106 Å². The van der Waals surface area contributed by atoms with Gasteiger partial charge in [-0.3, -0.25) is 9.59 Å². The molecule has 0 spiro atoms. The molecule has 0 saturated heterocycles. The number of ether oxygens (including phenoxy) is 1. The number of hydrogen-bond donors (Lipinski definition) is 2. The minimum atomic E-state index is -0.251. The van der Waals surface area contributed by atoms with E-state index < -0.39 is 0 Å². The molecule has 0 unspecified atom stereocenters. The fourth-order valence-electron chi connectivity index (χ4n) is 2.85. The van der Waals surface area contributed by atoms with Crippen molar-refractivity contribution in [3.8, 4) is 17.1 Å². The van der Waals surface area contributed by atoms with Crippen LogP contribution < -0.4 is 15.4 Å². The highest BCUT2D eigenvalue weighted by Gasteiger charge is 2.16. The maximum Gasteiger partial charge on any atom is 0.253 e. The van der Waals surface area contributed by atoms with Gasteiger partial charge in [-0.05, 0) is 42.8 Å². The van der Waals surface area contributed by atoms with Crippen molar-refractivity contribution in [2.75, 3.05) is 19.5 Å². The van der Waals surface area contributed by atoms with E-state index in [9.17, 15) is 9.59 Å². The molecule has 3 rings (SSSR count). The molecular weight excluding hydrogens is 372 g/mol. The third-order valence-corrected chi connectivity index (χ3v) is 4.38. The zero-order valence-electron chi connectivity index (χ0n) is 16.5. The van der Waals surface area contributed by atoms with Crippen LogP contribution in [0.3, 0.4) is 0 Å². The summed E-state index contributed by atoms with van der Waals surface area (Å²) in [5, 5.41) is 9.32. The highest BCUT2D eigenvalue weighted by atomic mass is 16.5. The van der Waals surface area contributed by atoms with Crippen molar-refractivity contribution in [3.63, 3.8) is 0 Å². The van der Waals surface area contributed by atoms with Crippen LogP contribution in [-0.2, 0) is 11.2 Å². The molecule has 29 heavy (non-hydrogen) atoms. The highest BCUT2D eigenvalue weighted by Crippen LogP contribution is 2.21. The molecule has 8 heteroatoms. The lowest BCUT2D eigenvalue weighted by Gasteiger charge is -2.12. The minimum absolute atomic E-state index is 0.144. The molecule has 1 aromatic heterocycles. The van der Waals surface area contributed by atoms with Crippen molar-refractivity contribution in [3.05, 3.63) is 59.5 Å². The number of anilines is 1. The number of rotatable bonds is 7. The Labute approximate surface area is 168 Å². The number of nitrogens with one attached hydrogen (secondary N) is 2. The first-order valence-corrected chi connectivity index (χ1v) is 9.10. The second-order valence-electron chi connectivity index (χ2n) is 6.36. The SMILES string of the molecule is CNC(=O)c1c(C)cccc1NC(=O)CCc1nc(-c2ccc(OC)cc2)no1. The molecule has 0 fully saturated rings. The molecule has 0 atom stereocenters. The summed E-state index contributed by atoms with van der Waals surface area (Å²) in [6.07, 6.45) is 0.432. The second-order valence-corrected chi connectivity index (χ2v) is 6.36. The van der Waals surface area contributed by atoms with Crippen molar-refractivity contribution in [2.24, 2.45) is 0 Å². The Morgan fingerprint density at radius 2 is 1.90 bits per heavy atom. The van der Waals surface area contributed by atoms with Crippen LogP contribution in [0.25, 0.3) is 11.4 Å². The third kappa shape index (κ3) is 4.78. The molecule has 0 aliphatic carbocycles. The standard InChI is InChI=1S/C21H22N4O4/c1-13-5-4-6-16(19(13)21(27)22-2)23-17(26)11-12-18-24-20(25-29-18)14-7-9-15(28-3)10-8-14/h4-10H,11-12H2,1-3H3,(H,22,27)(H,23,26). The summed E-state index contributed by atoms with van der Waals surface area (Å²) < 4.78 is 10.4. The molecule has 8 nitrogen and oxygen atoms in total. The van der Waals surface area contributed by atoms with Gasteiger partial charge in [0.1, 0.15) is 5.75 Å². The number of nitrogens with zero attached hydrogens (tertiary/aromatic N) is 2. The fraction of sp³-hybridized carbons (Fsp3) is 0.238. The summed E-state index contributed by atoms with van der Waals surface area (Å²) in [7, 11) is 3.15. The van der Waals surface area contributed by atoms with E-state index in [4.69, 9.17) is 9.26 Å². The molecule has 3 aromatic rings. The maximum absolute atomic E-state index is 12.4. The molecule has 2 N–H and O–H groups in total. The number of aryl methyl sites for hydroxylation is 2. The van der Waals surface area contributed by atoms with E-state index >= 15 is 0 Å². The molecule has 0 saturated carbocycles.